The van der Waals surface area contributed by atoms with Gasteiger partial charge in [-0.25, -0.2) is 15.8 Å². The highest BCUT2D eigenvalue weighted by Gasteiger charge is 2.31. The number of hydrogen-bond donors (Lipinski definition) is 3. The third kappa shape index (κ3) is 3.28. The van der Waals surface area contributed by atoms with E-state index in [1.165, 1.54) is 6.42 Å². The normalized spacial score (nSPS) is 22.3. The number of ether oxygens (including phenoxy) is 1. The molecule has 0 spiro atoms. The van der Waals surface area contributed by atoms with Gasteiger partial charge in [0, 0.05) is 19.7 Å². The first-order chi connectivity index (χ1) is 8.22. The minimum absolute atomic E-state index is 0.379. The summed E-state index contributed by atoms with van der Waals surface area (Å²) in [6, 6.07) is 1.80. The Morgan fingerprint density at radius 3 is 2.76 bits per heavy atom. The van der Waals surface area contributed by atoms with Crippen molar-refractivity contribution in [3.05, 3.63) is 11.9 Å². The zero-order chi connectivity index (χ0) is 12.3. The molecule has 0 amide bonds. The molecule has 6 heteroatoms. The first-order valence-electron chi connectivity index (χ1n) is 5.80. The number of aromatic nitrogens is 2. The van der Waals surface area contributed by atoms with E-state index in [1.807, 2.05) is 0 Å². The van der Waals surface area contributed by atoms with E-state index in [-0.39, 0.29) is 0 Å². The molecule has 0 aromatic carbocycles. The first kappa shape index (κ1) is 12.1. The van der Waals surface area contributed by atoms with Crippen LogP contribution in [0, 0.1) is 11.8 Å². The van der Waals surface area contributed by atoms with E-state index in [0.717, 1.165) is 24.2 Å². The molecule has 1 heterocycles. The van der Waals surface area contributed by atoms with Crippen LogP contribution in [0.25, 0.3) is 0 Å². The van der Waals surface area contributed by atoms with E-state index in [2.05, 4.69) is 27.6 Å². The number of nitrogens with one attached hydrogen (secondary N) is 2. The van der Waals surface area contributed by atoms with Crippen molar-refractivity contribution >= 4 is 11.6 Å². The summed E-state index contributed by atoms with van der Waals surface area (Å²) in [5, 5.41) is 3.31. The van der Waals surface area contributed by atoms with Gasteiger partial charge in [-0.3, -0.25) is 0 Å². The van der Waals surface area contributed by atoms with Crippen molar-refractivity contribution in [2.75, 3.05) is 24.4 Å². The van der Waals surface area contributed by atoms with Gasteiger partial charge in [-0.1, -0.05) is 6.92 Å². The molecular formula is C11H19N5O. The van der Waals surface area contributed by atoms with Crippen molar-refractivity contribution < 1.29 is 4.74 Å². The second-order valence-corrected chi connectivity index (χ2v) is 4.49. The van der Waals surface area contributed by atoms with Crippen molar-refractivity contribution in [1.29, 1.82) is 0 Å². The van der Waals surface area contributed by atoms with E-state index >= 15 is 0 Å². The summed E-state index contributed by atoms with van der Waals surface area (Å²) in [5.41, 5.74) is 2.53. The predicted octanol–water partition coefficient (Wildman–Crippen LogP) is 0.976. The van der Waals surface area contributed by atoms with Gasteiger partial charge in [-0.15, -0.1) is 0 Å². The maximum atomic E-state index is 5.37. The van der Waals surface area contributed by atoms with Crippen LogP contribution in [0.15, 0.2) is 6.07 Å². The van der Waals surface area contributed by atoms with Crippen LogP contribution in [0.2, 0.25) is 0 Å². The van der Waals surface area contributed by atoms with E-state index in [0.29, 0.717) is 18.2 Å². The molecule has 0 bridgehead atoms. The number of nitrogens with zero attached hydrogens (tertiary/aromatic N) is 2. The lowest BCUT2D eigenvalue weighted by Gasteiger charge is -2.09. The van der Waals surface area contributed by atoms with Gasteiger partial charge in [0.05, 0.1) is 0 Å². The summed E-state index contributed by atoms with van der Waals surface area (Å²) in [6.45, 7) is 3.59. The number of methoxy groups -OCH3 is 1. The van der Waals surface area contributed by atoms with E-state index < -0.39 is 0 Å². The zero-order valence-electron chi connectivity index (χ0n) is 10.2. The second kappa shape index (κ2) is 5.29. The molecule has 2 atom stereocenters. The third-order valence-corrected chi connectivity index (χ3v) is 3.02. The second-order valence-electron chi connectivity index (χ2n) is 4.49. The number of anilines is 2. The zero-order valence-corrected chi connectivity index (χ0v) is 10.2. The third-order valence-electron chi connectivity index (χ3n) is 3.02. The minimum atomic E-state index is 0.379. The van der Waals surface area contributed by atoms with Gasteiger partial charge in [-0.05, 0) is 18.3 Å². The SMILES string of the molecule is COCc1nc(NN)cc(NCC2CC2C)n1. The lowest BCUT2D eigenvalue weighted by Crippen LogP contribution is -2.13. The topological polar surface area (TPSA) is 85.1 Å². The number of rotatable bonds is 6. The predicted molar refractivity (Wildman–Crippen MR) is 66.3 cm³/mol. The molecule has 2 unspecified atom stereocenters. The standard InChI is InChI=1S/C11H19N5O/c1-7-3-8(7)5-13-9-4-10(16-12)15-11(14-9)6-17-2/h4,7-8H,3,5-6,12H2,1-2H3,(H2,13,14,15,16). The van der Waals surface area contributed by atoms with E-state index in [9.17, 15) is 0 Å². The highest BCUT2D eigenvalue weighted by Crippen LogP contribution is 2.37. The molecule has 94 valence electrons. The maximum Gasteiger partial charge on any atom is 0.158 e. The van der Waals surface area contributed by atoms with Gasteiger partial charge in [0.25, 0.3) is 0 Å². The molecule has 1 aromatic heterocycles. The van der Waals surface area contributed by atoms with Gasteiger partial charge >= 0.3 is 0 Å². The van der Waals surface area contributed by atoms with Crippen LogP contribution < -0.4 is 16.6 Å². The Kier molecular flexibility index (Phi) is 3.75. The van der Waals surface area contributed by atoms with Crippen LogP contribution in [0.4, 0.5) is 11.6 Å². The Morgan fingerprint density at radius 1 is 1.47 bits per heavy atom. The van der Waals surface area contributed by atoms with Crippen molar-refractivity contribution in [3.63, 3.8) is 0 Å². The minimum Gasteiger partial charge on any atom is -0.377 e. The van der Waals surface area contributed by atoms with Crippen LogP contribution in [0.5, 0.6) is 0 Å². The van der Waals surface area contributed by atoms with Gasteiger partial charge in [0.15, 0.2) is 5.82 Å². The summed E-state index contributed by atoms with van der Waals surface area (Å²) >= 11 is 0. The largest absolute Gasteiger partial charge is 0.377 e. The van der Waals surface area contributed by atoms with Crippen LogP contribution in [-0.4, -0.2) is 23.6 Å². The molecule has 17 heavy (non-hydrogen) atoms. The van der Waals surface area contributed by atoms with Crippen molar-refractivity contribution in [3.8, 4) is 0 Å². The molecule has 1 aliphatic carbocycles. The quantitative estimate of drug-likeness (QED) is 0.505. The molecule has 1 aliphatic rings. The highest BCUT2D eigenvalue weighted by atomic mass is 16.5. The first-order valence-corrected chi connectivity index (χ1v) is 5.80. The Hall–Kier alpha value is -1.40. The molecule has 1 fully saturated rings. The lowest BCUT2D eigenvalue weighted by atomic mass is 10.3. The monoisotopic (exact) mass is 237 g/mol. The fourth-order valence-electron chi connectivity index (χ4n) is 1.77. The molecular weight excluding hydrogens is 218 g/mol. The number of nitrogen functional groups attached to an aromatic ring is 1. The van der Waals surface area contributed by atoms with Crippen LogP contribution in [0.1, 0.15) is 19.2 Å². The smallest absolute Gasteiger partial charge is 0.158 e. The van der Waals surface area contributed by atoms with E-state index in [1.54, 1.807) is 13.2 Å². The summed E-state index contributed by atoms with van der Waals surface area (Å²) in [4.78, 5) is 8.54. The molecule has 2 rings (SSSR count). The average Bonchev–Trinajstić information content (AvgIpc) is 3.03. The molecule has 1 saturated carbocycles. The summed E-state index contributed by atoms with van der Waals surface area (Å²) in [6.07, 6.45) is 1.30. The van der Waals surface area contributed by atoms with Crippen LogP contribution >= 0.6 is 0 Å². The summed E-state index contributed by atoms with van der Waals surface area (Å²) in [5.74, 6) is 8.97. The number of nitrogens with two attached hydrogens (primary N) is 1. The average molecular weight is 237 g/mol. The van der Waals surface area contributed by atoms with Gasteiger partial charge < -0.3 is 15.5 Å². The Balaban J connectivity index is 2.00. The Labute approximate surface area is 101 Å². The Morgan fingerprint density at radius 2 is 2.18 bits per heavy atom. The lowest BCUT2D eigenvalue weighted by molar-refractivity contribution is 0.178. The van der Waals surface area contributed by atoms with Crippen molar-refractivity contribution in [2.24, 2.45) is 17.7 Å². The molecule has 0 radical (unpaired) electrons. The molecule has 1 aromatic rings. The van der Waals surface area contributed by atoms with Gasteiger partial charge in [0.1, 0.15) is 18.2 Å². The molecule has 4 N–H and O–H groups in total. The molecule has 0 saturated heterocycles. The fraction of sp³-hybridized carbons (Fsp3) is 0.636. The summed E-state index contributed by atoms with van der Waals surface area (Å²) in [7, 11) is 1.62. The number of hydrazine groups is 1. The van der Waals surface area contributed by atoms with Gasteiger partial charge in [-0.2, -0.15) is 0 Å². The van der Waals surface area contributed by atoms with E-state index in [4.69, 9.17) is 10.6 Å². The van der Waals surface area contributed by atoms with Gasteiger partial charge in [0.2, 0.25) is 0 Å². The van der Waals surface area contributed by atoms with Crippen molar-refractivity contribution in [1.82, 2.24) is 9.97 Å². The van der Waals surface area contributed by atoms with Crippen LogP contribution in [0.3, 0.4) is 0 Å². The number of hydrogen-bond acceptors (Lipinski definition) is 6. The highest BCUT2D eigenvalue weighted by molar-refractivity contribution is 5.46. The van der Waals surface area contributed by atoms with Crippen LogP contribution in [-0.2, 0) is 11.3 Å². The Bertz CT molecular complexity index is 384. The van der Waals surface area contributed by atoms with Crippen molar-refractivity contribution in [2.45, 2.75) is 20.0 Å². The molecule has 0 aliphatic heterocycles. The maximum absolute atomic E-state index is 5.37. The fourth-order valence-corrected chi connectivity index (χ4v) is 1.77. The summed E-state index contributed by atoms with van der Waals surface area (Å²) < 4.78 is 5.02. The molecule has 6 nitrogen and oxygen atoms in total.